The predicted octanol–water partition coefficient (Wildman–Crippen LogP) is 0.650. The van der Waals surface area contributed by atoms with Gasteiger partial charge in [-0.2, -0.15) is 22.6 Å². The molecule has 12 heteroatoms. The maximum atomic E-state index is 12.5. The third kappa shape index (κ3) is 4.35. The van der Waals surface area contributed by atoms with Crippen molar-refractivity contribution in [2.75, 3.05) is 28.7 Å². The molecule has 0 bridgehead atoms. The molecule has 3 aromatic rings. The Morgan fingerprint density at radius 2 is 2.06 bits per heavy atom. The minimum Gasteiger partial charge on any atom is -0.480 e. The molecular weight excluding hydrogens is 432 g/mol. The van der Waals surface area contributed by atoms with E-state index < -0.39 is 17.9 Å². The van der Waals surface area contributed by atoms with Gasteiger partial charge in [0.1, 0.15) is 6.04 Å². The Labute approximate surface area is 188 Å². The summed E-state index contributed by atoms with van der Waals surface area (Å²) in [5.74, 6) is -0.915. The Bertz CT molecular complexity index is 1200. The number of carbonyl (C=O) groups excluding carboxylic acids is 1. The summed E-state index contributed by atoms with van der Waals surface area (Å²) < 4.78 is 0. The lowest BCUT2D eigenvalue weighted by molar-refractivity contribution is -0.139. The van der Waals surface area contributed by atoms with E-state index in [0.717, 1.165) is 24.2 Å². The zero-order valence-corrected chi connectivity index (χ0v) is 17.9. The van der Waals surface area contributed by atoms with E-state index in [1.54, 1.807) is 18.3 Å². The van der Waals surface area contributed by atoms with Crippen molar-refractivity contribution in [1.29, 1.82) is 0 Å². The first-order chi connectivity index (χ1) is 15.4. The van der Waals surface area contributed by atoms with E-state index in [0.29, 0.717) is 34.7 Å². The standard InChI is InChI=1S/C20H22N8O3S/c21-16-15-17(27-20(22)26-16)23-8-12(24-15)9-28-5-3-10-7-11(1-2-14(10)28)18(29)25-13(4-6-32)19(30)31/h1-2,7-8,13,32H,3-6,9H2,(H,25,29)(H,30,31)(H4,21,22,23,26,27)/t13-/m0/s1. The molecule has 0 aliphatic carbocycles. The van der Waals surface area contributed by atoms with Crippen LogP contribution in [0.3, 0.4) is 0 Å². The number of carboxylic acids is 1. The molecule has 0 fully saturated rings. The number of benzene rings is 1. The van der Waals surface area contributed by atoms with Crippen LogP contribution in [0.15, 0.2) is 24.4 Å². The molecule has 1 atom stereocenters. The van der Waals surface area contributed by atoms with Gasteiger partial charge in [-0.25, -0.2) is 14.8 Å². The first-order valence-corrected chi connectivity index (χ1v) is 10.6. The maximum absolute atomic E-state index is 12.5. The number of nitrogen functional groups attached to an aromatic ring is 2. The summed E-state index contributed by atoms with van der Waals surface area (Å²) in [7, 11) is 0. The molecule has 0 spiro atoms. The number of nitrogens with one attached hydrogen (secondary N) is 1. The van der Waals surface area contributed by atoms with E-state index in [-0.39, 0.29) is 18.2 Å². The van der Waals surface area contributed by atoms with Crippen molar-refractivity contribution in [1.82, 2.24) is 25.3 Å². The van der Waals surface area contributed by atoms with Gasteiger partial charge in [-0.3, -0.25) is 4.79 Å². The summed E-state index contributed by atoms with van der Waals surface area (Å²) in [6.07, 6.45) is 2.62. The number of carbonyl (C=O) groups is 2. The number of thiol groups is 1. The number of anilines is 3. The number of nitrogens with two attached hydrogens (primary N) is 2. The quantitative estimate of drug-likeness (QED) is 0.319. The molecule has 2 aromatic heterocycles. The summed E-state index contributed by atoms with van der Waals surface area (Å²) in [5.41, 5.74) is 15.3. The van der Waals surface area contributed by atoms with Crippen LogP contribution >= 0.6 is 12.6 Å². The molecule has 3 heterocycles. The van der Waals surface area contributed by atoms with Crippen LogP contribution in [0.25, 0.3) is 11.2 Å². The molecule has 0 saturated heterocycles. The SMILES string of the molecule is Nc1nc(N)c2nc(CN3CCc4cc(C(=O)N[C@@H](CCS)C(=O)O)ccc43)cnc2n1. The molecular formula is C20H22N8O3S. The second-order valence-corrected chi connectivity index (χ2v) is 7.84. The molecule has 1 amide bonds. The van der Waals surface area contributed by atoms with Crippen LogP contribution in [-0.2, 0) is 17.8 Å². The highest BCUT2D eigenvalue weighted by Gasteiger charge is 2.24. The molecule has 1 aromatic carbocycles. The lowest BCUT2D eigenvalue weighted by atomic mass is 10.1. The average molecular weight is 455 g/mol. The number of aliphatic carboxylic acids is 1. The van der Waals surface area contributed by atoms with Crippen LogP contribution in [0.1, 0.15) is 28.0 Å². The van der Waals surface area contributed by atoms with E-state index in [4.69, 9.17) is 11.5 Å². The first-order valence-electron chi connectivity index (χ1n) is 9.92. The zero-order valence-electron chi connectivity index (χ0n) is 17.0. The van der Waals surface area contributed by atoms with Crippen molar-refractivity contribution in [3.05, 3.63) is 41.2 Å². The fourth-order valence-electron chi connectivity index (χ4n) is 3.66. The zero-order chi connectivity index (χ0) is 22.8. The third-order valence-electron chi connectivity index (χ3n) is 5.21. The predicted molar refractivity (Wildman–Crippen MR) is 123 cm³/mol. The van der Waals surface area contributed by atoms with E-state index in [2.05, 4.69) is 42.8 Å². The number of amides is 1. The van der Waals surface area contributed by atoms with Gasteiger partial charge in [-0.1, -0.05) is 0 Å². The minimum atomic E-state index is -1.08. The van der Waals surface area contributed by atoms with Crippen molar-refractivity contribution in [2.45, 2.75) is 25.4 Å². The molecule has 0 saturated carbocycles. The Balaban J connectivity index is 1.51. The highest BCUT2D eigenvalue weighted by atomic mass is 32.1. The van der Waals surface area contributed by atoms with Crippen molar-refractivity contribution >= 4 is 53.1 Å². The van der Waals surface area contributed by atoms with Crippen molar-refractivity contribution in [3.63, 3.8) is 0 Å². The van der Waals surface area contributed by atoms with Crippen molar-refractivity contribution in [3.8, 4) is 0 Å². The van der Waals surface area contributed by atoms with Gasteiger partial charge in [0.15, 0.2) is 17.0 Å². The van der Waals surface area contributed by atoms with E-state index in [9.17, 15) is 14.7 Å². The normalized spacial score (nSPS) is 13.7. The monoisotopic (exact) mass is 454 g/mol. The summed E-state index contributed by atoms with van der Waals surface area (Å²) in [4.78, 5) is 42.7. The Morgan fingerprint density at radius 1 is 1.25 bits per heavy atom. The lowest BCUT2D eigenvalue weighted by Crippen LogP contribution is -2.41. The van der Waals surface area contributed by atoms with Crippen LogP contribution in [0.2, 0.25) is 0 Å². The van der Waals surface area contributed by atoms with Crippen molar-refractivity contribution in [2.24, 2.45) is 0 Å². The topological polar surface area (TPSA) is 173 Å². The van der Waals surface area contributed by atoms with Crippen LogP contribution < -0.4 is 21.7 Å². The second kappa shape index (κ2) is 8.83. The Morgan fingerprint density at radius 3 is 2.81 bits per heavy atom. The molecule has 0 unspecified atom stereocenters. The summed E-state index contributed by atoms with van der Waals surface area (Å²) in [6.45, 7) is 1.24. The van der Waals surface area contributed by atoms with Gasteiger partial charge in [0.05, 0.1) is 18.4 Å². The van der Waals surface area contributed by atoms with Gasteiger partial charge in [-0.15, -0.1) is 0 Å². The summed E-state index contributed by atoms with van der Waals surface area (Å²) >= 11 is 4.05. The van der Waals surface area contributed by atoms with Gasteiger partial charge < -0.3 is 26.8 Å². The van der Waals surface area contributed by atoms with Crippen LogP contribution in [0, 0.1) is 0 Å². The molecule has 11 nitrogen and oxygen atoms in total. The number of carboxylic acid groups (broad SMARTS) is 1. The number of fused-ring (bicyclic) bond motifs is 2. The molecule has 32 heavy (non-hydrogen) atoms. The number of hydrogen-bond donors (Lipinski definition) is 5. The highest BCUT2D eigenvalue weighted by molar-refractivity contribution is 7.80. The molecule has 166 valence electrons. The number of aromatic nitrogens is 4. The van der Waals surface area contributed by atoms with E-state index >= 15 is 0 Å². The first kappa shape index (κ1) is 21.6. The minimum absolute atomic E-state index is 0.0469. The van der Waals surface area contributed by atoms with Crippen LogP contribution in [-0.4, -0.2) is 55.3 Å². The second-order valence-electron chi connectivity index (χ2n) is 7.39. The Kier molecular flexibility index (Phi) is 5.95. The fraction of sp³-hybridized carbons (Fsp3) is 0.300. The Hall–Kier alpha value is -3.67. The van der Waals surface area contributed by atoms with Crippen molar-refractivity contribution < 1.29 is 14.7 Å². The smallest absolute Gasteiger partial charge is 0.326 e. The summed E-state index contributed by atoms with van der Waals surface area (Å²) in [6, 6.07) is 4.37. The van der Waals surface area contributed by atoms with E-state index in [1.165, 1.54) is 0 Å². The summed E-state index contributed by atoms with van der Waals surface area (Å²) in [5, 5.41) is 11.8. The fourth-order valence-corrected chi connectivity index (χ4v) is 3.92. The molecule has 6 N–H and O–H groups in total. The average Bonchev–Trinajstić information content (AvgIpc) is 3.15. The highest BCUT2D eigenvalue weighted by Crippen LogP contribution is 2.30. The largest absolute Gasteiger partial charge is 0.480 e. The molecule has 1 aliphatic rings. The van der Waals surface area contributed by atoms with Gasteiger partial charge in [0.2, 0.25) is 5.95 Å². The third-order valence-corrected chi connectivity index (χ3v) is 5.47. The molecule has 1 aliphatic heterocycles. The molecule has 0 radical (unpaired) electrons. The number of rotatable bonds is 7. The van der Waals surface area contributed by atoms with Gasteiger partial charge in [0.25, 0.3) is 5.91 Å². The number of hydrogen-bond acceptors (Lipinski definition) is 10. The van der Waals surface area contributed by atoms with E-state index in [1.807, 2.05) is 6.07 Å². The van der Waals surface area contributed by atoms with Gasteiger partial charge in [-0.05, 0) is 42.4 Å². The van der Waals surface area contributed by atoms with Gasteiger partial charge >= 0.3 is 5.97 Å². The van der Waals surface area contributed by atoms with Crippen LogP contribution in [0.5, 0.6) is 0 Å². The molecule has 4 rings (SSSR count). The maximum Gasteiger partial charge on any atom is 0.326 e. The number of nitrogens with zero attached hydrogens (tertiary/aromatic N) is 5. The van der Waals surface area contributed by atoms with Crippen LogP contribution in [0.4, 0.5) is 17.5 Å². The van der Waals surface area contributed by atoms with Gasteiger partial charge in [0, 0.05) is 17.8 Å². The lowest BCUT2D eigenvalue weighted by Gasteiger charge is -2.19.